The molecule has 0 aliphatic heterocycles. The number of nitrogens with zero attached hydrogens (tertiary/aromatic N) is 2. The molecule has 1 aliphatic rings. The summed E-state index contributed by atoms with van der Waals surface area (Å²) in [7, 11) is 0. The minimum Gasteiger partial charge on any atom is -0.508 e. The number of amides is 1. The molecule has 0 saturated heterocycles. The maximum atomic E-state index is 14.0. The van der Waals surface area contributed by atoms with Gasteiger partial charge in [-0.1, -0.05) is 25.7 Å². The smallest absolute Gasteiger partial charge is 0.230 e. The van der Waals surface area contributed by atoms with Gasteiger partial charge in [0.25, 0.3) is 0 Å². The number of anilines is 1. The van der Waals surface area contributed by atoms with E-state index >= 15 is 0 Å². The lowest BCUT2D eigenvalue weighted by molar-refractivity contribution is -0.115. The number of hydrogen-bond donors (Lipinski definition) is 2. The lowest BCUT2D eigenvalue weighted by Crippen LogP contribution is -2.20. The second kappa shape index (κ2) is 9.74. The summed E-state index contributed by atoms with van der Waals surface area (Å²) in [5.41, 5.74) is 0.395. The van der Waals surface area contributed by atoms with Crippen molar-refractivity contribution >= 4 is 11.7 Å². The Balaban J connectivity index is 1.61. The number of nitrogens with one attached hydrogen (secondary N) is 1. The minimum atomic E-state index is -2.28. The number of benzene rings is 2. The standard InChI is InChI=1S/C24H20F5N3O2/c25-19-15(20(26)22(28)23(29)21(19)27)10-18(34)32-24-16(9-12-3-1-2-4-12)31-17(11-30-24)13-5-7-14(33)8-6-13/h5-8,11-12,33H,1-4,9-10H2,(H,30,32,34). The Morgan fingerprint density at radius 3 is 2.15 bits per heavy atom. The van der Waals surface area contributed by atoms with E-state index in [0.717, 1.165) is 25.7 Å². The number of hydrogen-bond acceptors (Lipinski definition) is 4. The first-order valence-corrected chi connectivity index (χ1v) is 10.7. The fourth-order valence-corrected chi connectivity index (χ4v) is 4.08. The third-order valence-electron chi connectivity index (χ3n) is 5.86. The molecule has 2 N–H and O–H groups in total. The van der Waals surface area contributed by atoms with Crippen molar-refractivity contribution in [2.45, 2.75) is 38.5 Å². The van der Waals surface area contributed by atoms with E-state index in [1.165, 1.54) is 18.3 Å². The zero-order valence-electron chi connectivity index (χ0n) is 17.8. The molecule has 34 heavy (non-hydrogen) atoms. The number of phenolic OH excluding ortho intramolecular Hbond substituents is 1. The van der Waals surface area contributed by atoms with Crippen LogP contribution in [0.5, 0.6) is 5.75 Å². The van der Waals surface area contributed by atoms with Gasteiger partial charge in [0.2, 0.25) is 11.7 Å². The molecule has 2 aromatic carbocycles. The van der Waals surface area contributed by atoms with Gasteiger partial charge in [-0.15, -0.1) is 0 Å². The molecule has 0 radical (unpaired) electrons. The Bertz CT molecular complexity index is 1200. The molecule has 5 nitrogen and oxygen atoms in total. The normalized spacial score (nSPS) is 13.9. The monoisotopic (exact) mass is 477 g/mol. The third kappa shape index (κ3) is 4.85. The first kappa shape index (κ1) is 23.6. The summed E-state index contributed by atoms with van der Waals surface area (Å²) in [6.45, 7) is 0. The highest BCUT2D eigenvalue weighted by Crippen LogP contribution is 2.31. The lowest BCUT2D eigenvalue weighted by Gasteiger charge is -2.15. The van der Waals surface area contributed by atoms with E-state index in [4.69, 9.17) is 0 Å². The third-order valence-corrected chi connectivity index (χ3v) is 5.86. The van der Waals surface area contributed by atoms with Crippen LogP contribution >= 0.6 is 0 Å². The first-order valence-electron chi connectivity index (χ1n) is 10.7. The van der Waals surface area contributed by atoms with Gasteiger partial charge in [-0.2, -0.15) is 0 Å². The fraction of sp³-hybridized carbons (Fsp3) is 0.292. The predicted octanol–water partition coefficient (Wildman–Crippen LogP) is 5.46. The van der Waals surface area contributed by atoms with Crippen molar-refractivity contribution in [1.29, 1.82) is 0 Å². The molecule has 0 spiro atoms. The number of carbonyl (C=O) groups is 1. The summed E-state index contributed by atoms with van der Waals surface area (Å²) in [6, 6.07) is 6.29. The Hall–Kier alpha value is -3.56. The zero-order chi connectivity index (χ0) is 24.4. The molecule has 0 atom stereocenters. The topological polar surface area (TPSA) is 75.1 Å². The molecular formula is C24H20F5N3O2. The van der Waals surface area contributed by atoms with Crippen molar-refractivity contribution < 1.29 is 31.9 Å². The number of halogens is 5. The number of aromatic nitrogens is 2. The predicted molar refractivity (Wildman–Crippen MR) is 113 cm³/mol. The molecule has 1 saturated carbocycles. The summed E-state index contributed by atoms with van der Waals surface area (Å²) >= 11 is 0. The number of rotatable bonds is 6. The summed E-state index contributed by atoms with van der Waals surface area (Å²) < 4.78 is 68.2. The van der Waals surface area contributed by atoms with Crippen molar-refractivity contribution in [3.63, 3.8) is 0 Å². The van der Waals surface area contributed by atoms with Gasteiger partial charge in [-0.3, -0.25) is 4.79 Å². The highest BCUT2D eigenvalue weighted by molar-refractivity contribution is 5.92. The average Bonchev–Trinajstić information content (AvgIpc) is 3.34. The maximum absolute atomic E-state index is 14.0. The summed E-state index contributed by atoms with van der Waals surface area (Å²) in [6.07, 6.45) is 4.90. The van der Waals surface area contributed by atoms with Crippen molar-refractivity contribution in [3.05, 3.63) is 70.8 Å². The van der Waals surface area contributed by atoms with E-state index in [-0.39, 0.29) is 11.6 Å². The van der Waals surface area contributed by atoms with Crippen LogP contribution in [0.3, 0.4) is 0 Å². The SMILES string of the molecule is O=C(Cc1c(F)c(F)c(F)c(F)c1F)Nc1ncc(-c2ccc(O)cc2)nc1CC1CCCC1. The van der Waals surface area contributed by atoms with Crippen LogP contribution in [0.4, 0.5) is 27.8 Å². The highest BCUT2D eigenvalue weighted by Gasteiger charge is 2.27. The van der Waals surface area contributed by atoms with Crippen LogP contribution in [0.15, 0.2) is 30.5 Å². The summed E-state index contributed by atoms with van der Waals surface area (Å²) in [5, 5.41) is 11.9. The van der Waals surface area contributed by atoms with E-state index in [1.54, 1.807) is 12.1 Å². The van der Waals surface area contributed by atoms with E-state index in [0.29, 0.717) is 29.3 Å². The highest BCUT2D eigenvalue weighted by atomic mass is 19.2. The van der Waals surface area contributed by atoms with Crippen molar-refractivity contribution in [2.75, 3.05) is 5.32 Å². The molecule has 1 fully saturated rings. The van der Waals surface area contributed by atoms with Crippen LogP contribution in [0.2, 0.25) is 0 Å². The summed E-state index contributed by atoms with van der Waals surface area (Å²) in [5.74, 6) is -11.1. The molecule has 4 rings (SSSR count). The van der Waals surface area contributed by atoms with Crippen LogP contribution < -0.4 is 5.32 Å². The van der Waals surface area contributed by atoms with Gasteiger partial charge >= 0.3 is 0 Å². The van der Waals surface area contributed by atoms with Crippen LogP contribution in [0.25, 0.3) is 11.3 Å². The second-order valence-electron chi connectivity index (χ2n) is 8.23. The van der Waals surface area contributed by atoms with Gasteiger partial charge in [0.1, 0.15) is 5.75 Å². The Labute approximate surface area is 191 Å². The van der Waals surface area contributed by atoms with Crippen molar-refractivity contribution in [3.8, 4) is 17.0 Å². The van der Waals surface area contributed by atoms with Gasteiger partial charge < -0.3 is 10.4 Å². The van der Waals surface area contributed by atoms with Crippen molar-refractivity contribution in [1.82, 2.24) is 9.97 Å². The molecule has 10 heteroatoms. The molecule has 1 aromatic heterocycles. The number of aromatic hydroxyl groups is 1. The molecule has 1 aliphatic carbocycles. The van der Waals surface area contributed by atoms with E-state index in [1.807, 2.05) is 0 Å². The Morgan fingerprint density at radius 2 is 1.53 bits per heavy atom. The van der Waals surface area contributed by atoms with Gasteiger partial charge in [0.15, 0.2) is 29.1 Å². The Kier molecular flexibility index (Phi) is 6.76. The van der Waals surface area contributed by atoms with Gasteiger partial charge in [-0.05, 0) is 36.6 Å². The average molecular weight is 477 g/mol. The van der Waals surface area contributed by atoms with Crippen LogP contribution in [0.1, 0.15) is 36.9 Å². The van der Waals surface area contributed by atoms with Crippen LogP contribution in [-0.2, 0) is 17.6 Å². The number of carbonyl (C=O) groups excluding carboxylic acids is 1. The minimum absolute atomic E-state index is 0.0586. The largest absolute Gasteiger partial charge is 0.508 e. The first-order chi connectivity index (χ1) is 16.2. The number of phenols is 1. The quantitative estimate of drug-likeness (QED) is 0.281. The molecular weight excluding hydrogens is 457 g/mol. The van der Waals surface area contributed by atoms with Gasteiger partial charge in [0, 0.05) is 11.1 Å². The van der Waals surface area contributed by atoms with E-state index in [9.17, 15) is 31.9 Å². The molecule has 0 bridgehead atoms. The second-order valence-corrected chi connectivity index (χ2v) is 8.23. The summed E-state index contributed by atoms with van der Waals surface area (Å²) in [4.78, 5) is 21.3. The van der Waals surface area contributed by atoms with Crippen LogP contribution in [-0.4, -0.2) is 21.0 Å². The van der Waals surface area contributed by atoms with Crippen LogP contribution in [0, 0.1) is 35.0 Å². The van der Waals surface area contributed by atoms with Gasteiger partial charge in [0.05, 0.1) is 24.0 Å². The fourth-order valence-electron chi connectivity index (χ4n) is 4.08. The molecule has 1 amide bonds. The lowest BCUT2D eigenvalue weighted by atomic mass is 10.0. The van der Waals surface area contributed by atoms with Gasteiger partial charge in [-0.25, -0.2) is 31.9 Å². The van der Waals surface area contributed by atoms with E-state index < -0.39 is 47.0 Å². The van der Waals surface area contributed by atoms with E-state index in [2.05, 4.69) is 15.3 Å². The molecule has 3 aromatic rings. The van der Waals surface area contributed by atoms with Crippen molar-refractivity contribution in [2.24, 2.45) is 5.92 Å². The zero-order valence-corrected chi connectivity index (χ0v) is 17.8. The Morgan fingerprint density at radius 1 is 0.941 bits per heavy atom. The maximum Gasteiger partial charge on any atom is 0.230 e. The molecule has 0 unspecified atom stereocenters. The molecule has 1 heterocycles. The molecule has 178 valence electrons.